The SMILES string of the molecule is CN(C)c1ccc(NC(=O)N(CC2CCCCC2CN(C(=O)Nc2ccc(N(C)C)cc2)C2CCCCCC2)C2CCCCCC2)cc1. The third-order valence-electron chi connectivity index (χ3n) is 11.3. The summed E-state index contributed by atoms with van der Waals surface area (Å²) in [5.74, 6) is 0.758. The summed E-state index contributed by atoms with van der Waals surface area (Å²) < 4.78 is 0. The molecule has 3 aliphatic carbocycles. The van der Waals surface area contributed by atoms with E-state index in [1.54, 1.807) is 0 Å². The van der Waals surface area contributed by atoms with Crippen molar-refractivity contribution in [3.8, 4) is 0 Å². The van der Waals surface area contributed by atoms with Gasteiger partial charge in [-0.2, -0.15) is 0 Å². The van der Waals surface area contributed by atoms with Crippen molar-refractivity contribution in [3.05, 3.63) is 48.5 Å². The van der Waals surface area contributed by atoms with Crippen LogP contribution in [0.3, 0.4) is 0 Å². The maximum Gasteiger partial charge on any atom is 0.322 e. The summed E-state index contributed by atoms with van der Waals surface area (Å²) in [5.41, 5.74) is 3.93. The largest absolute Gasteiger partial charge is 0.378 e. The lowest BCUT2D eigenvalue weighted by Crippen LogP contribution is -2.50. The van der Waals surface area contributed by atoms with Crippen molar-refractivity contribution in [1.29, 1.82) is 0 Å². The summed E-state index contributed by atoms with van der Waals surface area (Å²) in [5, 5.41) is 6.55. The van der Waals surface area contributed by atoms with Gasteiger partial charge in [0, 0.05) is 76.1 Å². The predicted molar refractivity (Wildman–Crippen MR) is 201 cm³/mol. The first-order valence-corrected chi connectivity index (χ1v) is 19.0. The summed E-state index contributed by atoms with van der Waals surface area (Å²) in [6.07, 6.45) is 18.7. The molecule has 2 unspecified atom stereocenters. The molecule has 0 aliphatic heterocycles. The van der Waals surface area contributed by atoms with Crippen LogP contribution in [0.25, 0.3) is 0 Å². The smallest absolute Gasteiger partial charge is 0.322 e. The number of hydrogen-bond acceptors (Lipinski definition) is 4. The number of hydrogen-bond donors (Lipinski definition) is 2. The standard InChI is InChI=1S/C40H62N6O2/c1-43(2)35-25-21-33(22-26-35)41-39(47)45(37-17-9-5-6-10-18-37)29-31-15-13-14-16-32(31)30-46(38-19-11-7-8-12-20-38)40(48)42-34-23-27-36(28-24-34)44(3)4/h21-28,31-32,37-38H,5-20,29-30H2,1-4H3,(H,41,47)(H,42,48). The second kappa shape index (κ2) is 17.8. The zero-order valence-corrected chi connectivity index (χ0v) is 30.3. The van der Waals surface area contributed by atoms with E-state index < -0.39 is 0 Å². The van der Waals surface area contributed by atoms with Gasteiger partial charge < -0.3 is 30.2 Å². The topological polar surface area (TPSA) is 71.2 Å². The lowest BCUT2D eigenvalue weighted by molar-refractivity contribution is 0.0984. The van der Waals surface area contributed by atoms with Crippen molar-refractivity contribution in [2.24, 2.45) is 11.8 Å². The van der Waals surface area contributed by atoms with Gasteiger partial charge in [0.2, 0.25) is 0 Å². The third kappa shape index (κ3) is 10.1. The van der Waals surface area contributed by atoms with E-state index in [0.717, 1.165) is 74.4 Å². The van der Waals surface area contributed by atoms with Crippen LogP contribution in [0.2, 0.25) is 0 Å². The fourth-order valence-corrected chi connectivity index (χ4v) is 8.28. The highest BCUT2D eigenvalue weighted by atomic mass is 16.2. The minimum atomic E-state index is 0.0309. The van der Waals surface area contributed by atoms with Crippen molar-refractivity contribution < 1.29 is 9.59 Å². The highest BCUT2D eigenvalue weighted by Gasteiger charge is 2.35. The van der Waals surface area contributed by atoms with Gasteiger partial charge in [0.05, 0.1) is 0 Å². The molecule has 8 heteroatoms. The molecule has 0 bridgehead atoms. The molecule has 2 N–H and O–H groups in total. The molecule has 264 valence electrons. The van der Waals surface area contributed by atoms with Crippen LogP contribution in [0, 0.1) is 11.8 Å². The Hall–Kier alpha value is -3.42. The molecule has 0 heterocycles. The van der Waals surface area contributed by atoms with Crippen molar-refractivity contribution in [3.63, 3.8) is 0 Å². The molecule has 3 fully saturated rings. The maximum atomic E-state index is 14.1. The van der Waals surface area contributed by atoms with Crippen LogP contribution >= 0.6 is 0 Å². The number of urea groups is 2. The number of benzene rings is 2. The molecule has 2 atom stereocenters. The molecule has 0 saturated heterocycles. The van der Waals surface area contributed by atoms with Gasteiger partial charge in [-0.25, -0.2) is 9.59 Å². The average molecular weight is 659 g/mol. The number of nitrogens with one attached hydrogen (secondary N) is 2. The highest BCUT2D eigenvalue weighted by molar-refractivity contribution is 5.90. The van der Waals surface area contributed by atoms with E-state index in [4.69, 9.17) is 0 Å². The summed E-state index contributed by atoms with van der Waals surface area (Å²) in [6, 6.07) is 16.9. The molecule has 0 aromatic heterocycles. The molecule has 3 saturated carbocycles. The summed E-state index contributed by atoms with van der Waals surface area (Å²) in [4.78, 5) is 36.8. The van der Waals surface area contributed by atoms with Crippen molar-refractivity contribution >= 4 is 34.8 Å². The molecule has 48 heavy (non-hydrogen) atoms. The Morgan fingerprint density at radius 3 is 1.12 bits per heavy atom. The van der Waals surface area contributed by atoms with Crippen molar-refractivity contribution in [2.75, 3.05) is 61.7 Å². The monoisotopic (exact) mass is 658 g/mol. The van der Waals surface area contributed by atoms with Gasteiger partial charge >= 0.3 is 12.1 Å². The summed E-state index contributed by atoms with van der Waals surface area (Å²) in [6.45, 7) is 1.53. The van der Waals surface area contributed by atoms with Crippen LogP contribution in [-0.4, -0.2) is 75.2 Å². The first-order chi connectivity index (χ1) is 23.3. The Labute approximate surface area is 290 Å². The van der Waals surface area contributed by atoms with E-state index >= 15 is 0 Å². The van der Waals surface area contributed by atoms with Crippen LogP contribution in [0.5, 0.6) is 0 Å². The Morgan fingerprint density at radius 2 is 0.812 bits per heavy atom. The number of carbonyl (C=O) groups is 2. The Kier molecular flexibility index (Phi) is 13.3. The number of amides is 4. The average Bonchev–Trinajstić information content (AvgIpc) is 3.53. The van der Waals surface area contributed by atoms with Crippen molar-refractivity contribution in [2.45, 2.75) is 115 Å². The number of carbonyl (C=O) groups excluding carboxylic acids is 2. The van der Waals surface area contributed by atoms with Crippen LogP contribution in [-0.2, 0) is 0 Å². The molecule has 0 spiro atoms. The fraction of sp³-hybridized carbons (Fsp3) is 0.650. The van der Waals surface area contributed by atoms with E-state index in [2.05, 4.69) is 54.5 Å². The molecule has 3 aliphatic rings. The molecule has 5 rings (SSSR count). The molecule has 8 nitrogen and oxygen atoms in total. The number of anilines is 4. The number of nitrogens with zero attached hydrogens (tertiary/aromatic N) is 4. The number of rotatable bonds is 10. The van der Waals surface area contributed by atoms with Crippen LogP contribution in [0.1, 0.15) is 103 Å². The minimum Gasteiger partial charge on any atom is -0.378 e. The zero-order valence-electron chi connectivity index (χ0n) is 30.3. The molecular formula is C40H62N6O2. The van der Waals surface area contributed by atoms with Gasteiger partial charge in [-0.05, 0) is 98.9 Å². The van der Waals surface area contributed by atoms with Gasteiger partial charge in [-0.15, -0.1) is 0 Å². The zero-order chi connectivity index (χ0) is 33.9. The third-order valence-corrected chi connectivity index (χ3v) is 11.3. The molecular weight excluding hydrogens is 596 g/mol. The van der Waals surface area contributed by atoms with E-state index in [1.807, 2.05) is 52.5 Å². The normalized spacial score (nSPS) is 21.0. The second-order valence-electron chi connectivity index (χ2n) is 15.1. The van der Waals surface area contributed by atoms with Gasteiger partial charge in [0.25, 0.3) is 0 Å². The lowest BCUT2D eigenvalue weighted by atomic mass is 9.78. The van der Waals surface area contributed by atoms with E-state index in [-0.39, 0.29) is 24.1 Å². The van der Waals surface area contributed by atoms with E-state index in [0.29, 0.717) is 11.8 Å². The first kappa shape index (κ1) is 35.9. The van der Waals surface area contributed by atoms with Gasteiger partial charge in [0.1, 0.15) is 0 Å². The summed E-state index contributed by atoms with van der Waals surface area (Å²) in [7, 11) is 8.13. The van der Waals surface area contributed by atoms with Crippen LogP contribution < -0.4 is 20.4 Å². The van der Waals surface area contributed by atoms with Crippen molar-refractivity contribution in [1.82, 2.24) is 9.80 Å². The van der Waals surface area contributed by atoms with Gasteiger partial charge in [-0.3, -0.25) is 0 Å². The predicted octanol–water partition coefficient (Wildman–Crippen LogP) is 9.44. The van der Waals surface area contributed by atoms with Gasteiger partial charge in [-0.1, -0.05) is 64.2 Å². The van der Waals surface area contributed by atoms with E-state index in [9.17, 15) is 9.59 Å². The Balaban J connectivity index is 1.34. The lowest BCUT2D eigenvalue weighted by Gasteiger charge is -2.42. The van der Waals surface area contributed by atoms with E-state index in [1.165, 1.54) is 64.2 Å². The van der Waals surface area contributed by atoms with Crippen LogP contribution in [0.15, 0.2) is 48.5 Å². The fourth-order valence-electron chi connectivity index (χ4n) is 8.28. The first-order valence-electron chi connectivity index (χ1n) is 19.0. The Morgan fingerprint density at radius 1 is 0.500 bits per heavy atom. The molecule has 4 amide bonds. The highest BCUT2D eigenvalue weighted by Crippen LogP contribution is 2.35. The molecule has 0 radical (unpaired) electrons. The summed E-state index contributed by atoms with van der Waals surface area (Å²) >= 11 is 0. The molecule has 2 aromatic carbocycles. The molecule has 2 aromatic rings. The minimum absolute atomic E-state index is 0.0309. The second-order valence-corrected chi connectivity index (χ2v) is 15.1. The maximum absolute atomic E-state index is 14.1. The Bertz CT molecular complexity index is 1160. The quantitative estimate of drug-likeness (QED) is 0.250. The van der Waals surface area contributed by atoms with Crippen LogP contribution in [0.4, 0.5) is 32.3 Å². The van der Waals surface area contributed by atoms with Gasteiger partial charge in [0.15, 0.2) is 0 Å².